The van der Waals surface area contributed by atoms with E-state index in [0.29, 0.717) is 29.8 Å². The standard InChI is InChI=1S/C24H40O3Si/c1-9-23(27-28(19(2)3,20(4)5)21(6)7)12-10-11-17-26-18-22-13-15-24(25-8)16-14-22/h13-16,19-21,23H,9,11,17-18H2,1-8H3/t23-/m0/s1. The quantitative estimate of drug-likeness (QED) is 0.237. The molecule has 0 fully saturated rings. The second-order valence-electron chi connectivity index (χ2n) is 8.30. The summed E-state index contributed by atoms with van der Waals surface area (Å²) in [6.07, 6.45) is 1.69. The second kappa shape index (κ2) is 12.3. The lowest BCUT2D eigenvalue weighted by Crippen LogP contribution is -2.49. The van der Waals surface area contributed by atoms with E-state index < -0.39 is 8.32 Å². The van der Waals surface area contributed by atoms with Crippen LogP contribution in [0.5, 0.6) is 5.75 Å². The highest BCUT2D eigenvalue weighted by Crippen LogP contribution is 2.43. The zero-order chi connectivity index (χ0) is 21.2. The molecule has 1 aromatic carbocycles. The first-order chi connectivity index (χ1) is 13.3. The maximum absolute atomic E-state index is 6.78. The Hall–Kier alpha value is -1.28. The van der Waals surface area contributed by atoms with E-state index in [1.165, 1.54) is 0 Å². The third-order valence-electron chi connectivity index (χ3n) is 5.49. The summed E-state index contributed by atoms with van der Waals surface area (Å²) < 4.78 is 17.7. The monoisotopic (exact) mass is 404 g/mol. The summed E-state index contributed by atoms with van der Waals surface area (Å²) in [4.78, 5) is 0. The van der Waals surface area contributed by atoms with Gasteiger partial charge in [-0.1, -0.05) is 72.4 Å². The molecule has 0 aliphatic rings. The highest BCUT2D eigenvalue weighted by molar-refractivity contribution is 6.77. The number of hydrogen-bond donors (Lipinski definition) is 0. The molecule has 0 aromatic heterocycles. The van der Waals surface area contributed by atoms with E-state index in [2.05, 4.69) is 60.3 Å². The van der Waals surface area contributed by atoms with Crippen LogP contribution in [0, 0.1) is 11.8 Å². The van der Waals surface area contributed by atoms with E-state index in [1.54, 1.807) is 7.11 Å². The molecule has 0 unspecified atom stereocenters. The van der Waals surface area contributed by atoms with Gasteiger partial charge in [0.25, 0.3) is 0 Å². The van der Waals surface area contributed by atoms with Crippen LogP contribution in [0.3, 0.4) is 0 Å². The molecule has 0 amide bonds. The summed E-state index contributed by atoms with van der Waals surface area (Å²) >= 11 is 0. The van der Waals surface area contributed by atoms with E-state index in [0.717, 1.165) is 24.2 Å². The van der Waals surface area contributed by atoms with Crippen LogP contribution in [-0.4, -0.2) is 28.1 Å². The van der Waals surface area contributed by atoms with E-state index in [1.807, 2.05) is 24.3 Å². The third kappa shape index (κ3) is 6.95. The summed E-state index contributed by atoms with van der Waals surface area (Å²) in [5, 5.41) is 0. The summed E-state index contributed by atoms with van der Waals surface area (Å²) in [5.74, 6) is 7.52. The first-order valence-corrected chi connectivity index (χ1v) is 12.8. The van der Waals surface area contributed by atoms with Crippen LogP contribution in [0.15, 0.2) is 24.3 Å². The minimum absolute atomic E-state index is 0.0282. The summed E-state index contributed by atoms with van der Waals surface area (Å²) in [5.41, 5.74) is 2.88. The Morgan fingerprint density at radius 2 is 1.50 bits per heavy atom. The largest absolute Gasteiger partial charge is 0.497 e. The molecule has 0 N–H and O–H groups in total. The van der Waals surface area contributed by atoms with Gasteiger partial charge >= 0.3 is 0 Å². The molecule has 28 heavy (non-hydrogen) atoms. The number of hydrogen-bond acceptors (Lipinski definition) is 3. The molecule has 0 bridgehead atoms. The van der Waals surface area contributed by atoms with Crippen LogP contribution >= 0.6 is 0 Å². The maximum Gasteiger partial charge on any atom is 0.202 e. The lowest BCUT2D eigenvalue weighted by molar-refractivity contribution is 0.126. The Bertz CT molecular complexity index is 589. The van der Waals surface area contributed by atoms with Gasteiger partial charge in [-0.25, -0.2) is 0 Å². The normalized spacial score (nSPS) is 13.0. The Balaban J connectivity index is 2.55. The van der Waals surface area contributed by atoms with E-state index in [9.17, 15) is 0 Å². The van der Waals surface area contributed by atoms with Crippen molar-refractivity contribution >= 4 is 8.32 Å². The van der Waals surface area contributed by atoms with Gasteiger partial charge in [-0.15, -0.1) is 0 Å². The van der Waals surface area contributed by atoms with Crippen LogP contribution in [0.4, 0.5) is 0 Å². The highest BCUT2D eigenvalue weighted by atomic mass is 28.4. The van der Waals surface area contributed by atoms with Crippen molar-refractivity contribution in [3.8, 4) is 17.6 Å². The van der Waals surface area contributed by atoms with Gasteiger partial charge in [-0.05, 0) is 40.7 Å². The Kier molecular flexibility index (Phi) is 10.9. The smallest absolute Gasteiger partial charge is 0.202 e. The molecular weight excluding hydrogens is 364 g/mol. The van der Waals surface area contributed by atoms with Gasteiger partial charge < -0.3 is 13.9 Å². The average Bonchev–Trinajstić information content (AvgIpc) is 2.66. The van der Waals surface area contributed by atoms with Crippen LogP contribution in [-0.2, 0) is 15.8 Å². The fourth-order valence-corrected chi connectivity index (χ4v) is 9.63. The maximum atomic E-state index is 6.78. The second-order valence-corrected chi connectivity index (χ2v) is 13.7. The first kappa shape index (κ1) is 24.8. The highest BCUT2D eigenvalue weighted by Gasteiger charge is 2.46. The van der Waals surface area contributed by atoms with Crippen molar-refractivity contribution in [2.45, 2.75) is 90.6 Å². The molecule has 1 rings (SSSR count). The van der Waals surface area contributed by atoms with E-state index in [-0.39, 0.29) is 6.10 Å². The topological polar surface area (TPSA) is 27.7 Å². The van der Waals surface area contributed by atoms with Crippen molar-refractivity contribution in [3.63, 3.8) is 0 Å². The predicted octanol–water partition coefficient (Wildman–Crippen LogP) is 6.58. The first-order valence-electron chi connectivity index (χ1n) is 10.6. The summed E-state index contributed by atoms with van der Waals surface area (Å²) in [7, 11) is -0.209. The number of methoxy groups -OCH3 is 1. The van der Waals surface area contributed by atoms with E-state index in [4.69, 9.17) is 13.9 Å². The molecule has 158 valence electrons. The van der Waals surface area contributed by atoms with Crippen LogP contribution in [0.1, 0.15) is 66.9 Å². The summed E-state index contributed by atoms with van der Waals surface area (Å²) in [6, 6.07) is 7.96. The van der Waals surface area contributed by atoms with Gasteiger partial charge in [0.1, 0.15) is 11.9 Å². The predicted molar refractivity (Wildman–Crippen MR) is 121 cm³/mol. The molecule has 0 spiro atoms. The molecule has 0 heterocycles. The molecule has 0 saturated heterocycles. The van der Waals surface area contributed by atoms with Gasteiger partial charge in [-0.2, -0.15) is 0 Å². The summed E-state index contributed by atoms with van der Waals surface area (Å²) in [6.45, 7) is 17.3. The van der Waals surface area contributed by atoms with Crippen molar-refractivity contribution in [2.24, 2.45) is 0 Å². The lowest BCUT2D eigenvalue weighted by Gasteiger charge is -2.43. The molecule has 1 aromatic rings. The zero-order valence-electron chi connectivity index (χ0n) is 19.2. The van der Waals surface area contributed by atoms with Crippen LogP contribution < -0.4 is 4.74 Å². The van der Waals surface area contributed by atoms with Gasteiger partial charge in [-0.3, -0.25) is 0 Å². The van der Waals surface area contributed by atoms with Gasteiger partial charge in [0.15, 0.2) is 0 Å². The lowest BCUT2D eigenvalue weighted by atomic mass is 10.2. The van der Waals surface area contributed by atoms with Crippen LogP contribution in [0.2, 0.25) is 16.6 Å². The molecule has 0 radical (unpaired) electrons. The van der Waals surface area contributed by atoms with Crippen molar-refractivity contribution in [1.29, 1.82) is 0 Å². The molecule has 4 heteroatoms. The van der Waals surface area contributed by atoms with Gasteiger partial charge in [0.05, 0.1) is 20.3 Å². The molecule has 3 nitrogen and oxygen atoms in total. The fraction of sp³-hybridized carbons (Fsp3) is 0.667. The Morgan fingerprint density at radius 3 is 1.96 bits per heavy atom. The molecule has 1 atom stereocenters. The van der Waals surface area contributed by atoms with Crippen molar-refractivity contribution in [1.82, 2.24) is 0 Å². The number of ether oxygens (including phenoxy) is 2. The average molecular weight is 405 g/mol. The zero-order valence-corrected chi connectivity index (χ0v) is 20.2. The van der Waals surface area contributed by atoms with Crippen molar-refractivity contribution in [2.75, 3.05) is 13.7 Å². The minimum Gasteiger partial charge on any atom is -0.497 e. The molecule has 0 aliphatic carbocycles. The number of rotatable bonds is 11. The fourth-order valence-electron chi connectivity index (χ4n) is 4.09. The molecular formula is C24H40O3Si. The SMILES string of the molecule is CC[C@@H](C#CCCOCc1ccc(OC)cc1)O[Si](C(C)C)(C(C)C)C(C)C. The van der Waals surface area contributed by atoms with E-state index >= 15 is 0 Å². The molecule has 0 saturated carbocycles. The third-order valence-corrected chi connectivity index (χ3v) is 11.6. The van der Waals surface area contributed by atoms with Gasteiger partial charge in [0, 0.05) is 6.42 Å². The number of benzene rings is 1. The minimum atomic E-state index is -1.88. The Morgan fingerprint density at radius 1 is 0.929 bits per heavy atom. The van der Waals surface area contributed by atoms with Gasteiger partial charge in [0.2, 0.25) is 8.32 Å². The molecule has 0 aliphatic heterocycles. The Labute approximate surface area is 174 Å². The van der Waals surface area contributed by atoms with Crippen molar-refractivity contribution < 1.29 is 13.9 Å². The van der Waals surface area contributed by atoms with Crippen molar-refractivity contribution in [3.05, 3.63) is 29.8 Å². The van der Waals surface area contributed by atoms with Crippen LogP contribution in [0.25, 0.3) is 0 Å².